The Morgan fingerprint density at radius 3 is 2.22 bits per heavy atom. The molecule has 0 aliphatic heterocycles. The van der Waals surface area contributed by atoms with E-state index in [0.29, 0.717) is 5.69 Å². The SMILES string of the molecule is Cc1cccc(C)c1NC(=O)N(Cc1ccccc1)CC(F)F. The van der Waals surface area contributed by atoms with Crippen molar-refractivity contribution < 1.29 is 13.6 Å². The average molecular weight is 318 g/mol. The number of hydrogen-bond acceptors (Lipinski definition) is 1. The van der Waals surface area contributed by atoms with Gasteiger partial charge in [-0.2, -0.15) is 0 Å². The van der Waals surface area contributed by atoms with Crippen molar-refractivity contribution in [3.05, 3.63) is 65.2 Å². The number of halogens is 2. The summed E-state index contributed by atoms with van der Waals surface area (Å²) in [5.41, 5.74) is 3.28. The topological polar surface area (TPSA) is 32.3 Å². The fraction of sp³-hybridized carbons (Fsp3) is 0.278. The number of carbonyl (C=O) groups is 1. The maximum atomic E-state index is 12.8. The molecule has 2 aromatic carbocycles. The minimum Gasteiger partial charge on any atom is -0.314 e. The quantitative estimate of drug-likeness (QED) is 0.858. The number of para-hydroxylation sites is 1. The molecule has 0 saturated heterocycles. The first-order valence-corrected chi connectivity index (χ1v) is 7.41. The summed E-state index contributed by atoms with van der Waals surface area (Å²) in [4.78, 5) is 13.6. The van der Waals surface area contributed by atoms with Crippen LogP contribution in [0.4, 0.5) is 19.3 Å². The normalized spacial score (nSPS) is 10.7. The molecule has 0 atom stereocenters. The van der Waals surface area contributed by atoms with E-state index in [1.807, 2.05) is 62.4 Å². The highest BCUT2D eigenvalue weighted by atomic mass is 19.3. The van der Waals surface area contributed by atoms with E-state index in [4.69, 9.17) is 0 Å². The maximum absolute atomic E-state index is 12.8. The van der Waals surface area contributed by atoms with Gasteiger partial charge in [0.05, 0.1) is 6.54 Å². The third kappa shape index (κ3) is 4.77. The van der Waals surface area contributed by atoms with Crippen LogP contribution in [0, 0.1) is 13.8 Å². The molecule has 23 heavy (non-hydrogen) atoms. The lowest BCUT2D eigenvalue weighted by atomic mass is 10.1. The summed E-state index contributed by atoms with van der Waals surface area (Å²) in [6, 6.07) is 14.2. The van der Waals surface area contributed by atoms with Gasteiger partial charge in [0.1, 0.15) is 0 Å². The number of urea groups is 1. The Hall–Kier alpha value is -2.43. The van der Waals surface area contributed by atoms with E-state index in [9.17, 15) is 13.6 Å². The minimum atomic E-state index is -2.58. The number of rotatable bonds is 5. The molecular weight excluding hydrogens is 298 g/mol. The predicted octanol–water partition coefficient (Wildman–Crippen LogP) is 4.60. The second-order valence-electron chi connectivity index (χ2n) is 5.45. The highest BCUT2D eigenvalue weighted by molar-refractivity contribution is 5.91. The van der Waals surface area contributed by atoms with Gasteiger partial charge in [-0.3, -0.25) is 0 Å². The Morgan fingerprint density at radius 2 is 1.65 bits per heavy atom. The fourth-order valence-corrected chi connectivity index (χ4v) is 2.39. The average Bonchev–Trinajstić information content (AvgIpc) is 2.51. The Morgan fingerprint density at radius 1 is 1.04 bits per heavy atom. The van der Waals surface area contributed by atoms with Gasteiger partial charge >= 0.3 is 6.03 Å². The first-order chi connectivity index (χ1) is 11.0. The van der Waals surface area contributed by atoms with Crippen LogP contribution >= 0.6 is 0 Å². The second-order valence-corrected chi connectivity index (χ2v) is 5.45. The summed E-state index contributed by atoms with van der Waals surface area (Å²) in [6.45, 7) is 3.28. The monoisotopic (exact) mass is 318 g/mol. The summed E-state index contributed by atoms with van der Waals surface area (Å²) >= 11 is 0. The molecule has 0 heterocycles. The molecule has 0 saturated carbocycles. The molecule has 0 aromatic heterocycles. The number of nitrogens with one attached hydrogen (secondary N) is 1. The van der Waals surface area contributed by atoms with Crippen LogP contribution in [0.3, 0.4) is 0 Å². The Labute approximate surface area is 134 Å². The van der Waals surface area contributed by atoms with Crippen molar-refractivity contribution in [2.45, 2.75) is 26.8 Å². The zero-order valence-corrected chi connectivity index (χ0v) is 13.2. The summed E-state index contributed by atoms with van der Waals surface area (Å²) in [7, 11) is 0. The summed E-state index contributed by atoms with van der Waals surface area (Å²) in [5.74, 6) is 0. The molecule has 5 heteroatoms. The number of benzene rings is 2. The summed E-state index contributed by atoms with van der Waals surface area (Å²) in [6.07, 6.45) is -2.58. The number of nitrogens with zero attached hydrogens (tertiary/aromatic N) is 1. The predicted molar refractivity (Wildman–Crippen MR) is 87.8 cm³/mol. The van der Waals surface area contributed by atoms with Crippen molar-refractivity contribution in [3.63, 3.8) is 0 Å². The molecule has 0 bridgehead atoms. The third-order valence-electron chi connectivity index (χ3n) is 3.57. The standard InChI is InChI=1S/C18H20F2N2O/c1-13-7-6-8-14(2)17(13)21-18(23)22(12-16(19)20)11-15-9-4-3-5-10-15/h3-10,16H,11-12H2,1-2H3,(H,21,23). The molecule has 2 rings (SSSR count). The molecule has 3 nitrogen and oxygen atoms in total. The van der Waals surface area contributed by atoms with Gasteiger partial charge in [0.15, 0.2) is 0 Å². The van der Waals surface area contributed by atoms with Crippen molar-refractivity contribution >= 4 is 11.7 Å². The van der Waals surface area contributed by atoms with Crippen LogP contribution < -0.4 is 5.32 Å². The molecule has 2 amide bonds. The minimum absolute atomic E-state index is 0.141. The number of alkyl halides is 2. The Bertz CT molecular complexity index is 639. The van der Waals surface area contributed by atoms with Crippen LogP contribution in [0.15, 0.2) is 48.5 Å². The van der Waals surface area contributed by atoms with Gasteiger partial charge in [-0.25, -0.2) is 13.6 Å². The van der Waals surface area contributed by atoms with E-state index in [1.165, 1.54) is 0 Å². The van der Waals surface area contributed by atoms with E-state index >= 15 is 0 Å². The van der Waals surface area contributed by atoms with Gasteiger partial charge in [0, 0.05) is 12.2 Å². The molecule has 2 aromatic rings. The largest absolute Gasteiger partial charge is 0.322 e. The van der Waals surface area contributed by atoms with E-state index in [1.54, 1.807) is 0 Å². The van der Waals surface area contributed by atoms with Gasteiger partial charge in [-0.1, -0.05) is 48.5 Å². The van der Waals surface area contributed by atoms with Gasteiger partial charge in [-0.15, -0.1) is 0 Å². The van der Waals surface area contributed by atoms with Crippen molar-refractivity contribution in [1.82, 2.24) is 4.90 Å². The Balaban J connectivity index is 2.16. The van der Waals surface area contributed by atoms with E-state index in [-0.39, 0.29) is 6.54 Å². The maximum Gasteiger partial charge on any atom is 0.322 e. The van der Waals surface area contributed by atoms with E-state index in [0.717, 1.165) is 21.6 Å². The lowest BCUT2D eigenvalue weighted by molar-refractivity contribution is 0.0997. The zero-order valence-electron chi connectivity index (χ0n) is 13.2. The molecular formula is C18H20F2N2O. The molecule has 1 N–H and O–H groups in total. The molecule has 0 aliphatic carbocycles. The first-order valence-electron chi connectivity index (χ1n) is 7.41. The number of aryl methyl sites for hydroxylation is 2. The lowest BCUT2D eigenvalue weighted by Crippen LogP contribution is -2.38. The summed E-state index contributed by atoms with van der Waals surface area (Å²) in [5, 5.41) is 2.76. The van der Waals surface area contributed by atoms with Crippen LogP contribution in [-0.4, -0.2) is 23.9 Å². The molecule has 122 valence electrons. The molecule has 0 radical (unpaired) electrons. The van der Waals surface area contributed by atoms with Crippen LogP contribution in [0.5, 0.6) is 0 Å². The fourth-order valence-electron chi connectivity index (χ4n) is 2.39. The highest BCUT2D eigenvalue weighted by Crippen LogP contribution is 2.20. The van der Waals surface area contributed by atoms with Gasteiger partial charge in [-0.05, 0) is 30.5 Å². The van der Waals surface area contributed by atoms with Crippen molar-refractivity contribution in [2.75, 3.05) is 11.9 Å². The lowest BCUT2D eigenvalue weighted by Gasteiger charge is -2.24. The second kappa shape index (κ2) is 7.72. The van der Waals surface area contributed by atoms with Crippen molar-refractivity contribution in [3.8, 4) is 0 Å². The van der Waals surface area contributed by atoms with Crippen LogP contribution in [0.1, 0.15) is 16.7 Å². The Kier molecular flexibility index (Phi) is 5.68. The van der Waals surface area contributed by atoms with Gasteiger partial charge in [0.25, 0.3) is 6.43 Å². The number of anilines is 1. The van der Waals surface area contributed by atoms with Gasteiger partial charge < -0.3 is 10.2 Å². The van der Waals surface area contributed by atoms with E-state index < -0.39 is 19.0 Å². The van der Waals surface area contributed by atoms with Crippen molar-refractivity contribution in [1.29, 1.82) is 0 Å². The van der Waals surface area contributed by atoms with E-state index in [2.05, 4.69) is 5.32 Å². The summed E-state index contributed by atoms with van der Waals surface area (Å²) < 4.78 is 25.6. The molecule has 0 spiro atoms. The molecule has 0 fully saturated rings. The van der Waals surface area contributed by atoms with Crippen LogP contribution in [-0.2, 0) is 6.54 Å². The van der Waals surface area contributed by atoms with Crippen molar-refractivity contribution in [2.24, 2.45) is 0 Å². The molecule has 0 unspecified atom stereocenters. The first kappa shape index (κ1) is 16.9. The number of amides is 2. The smallest absolute Gasteiger partial charge is 0.314 e. The van der Waals surface area contributed by atoms with Gasteiger partial charge in [0.2, 0.25) is 0 Å². The molecule has 0 aliphatic rings. The van der Waals surface area contributed by atoms with Crippen LogP contribution in [0.25, 0.3) is 0 Å². The number of hydrogen-bond donors (Lipinski definition) is 1. The third-order valence-corrected chi connectivity index (χ3v) is 3.57. The highest BCUT2D eigenvalue weighted by Gasteiger charge is 2.19. The van der Waals surface area contributed by atoms with Crippen LogP contribution in [0.2, 0.25) is 0 Å². The number of carbonyl (C=O) groups excluding carboxylic acids is 1. The zero-order chi connectivity index (χ0) is 16.8.